The lowest BCUT2D eigenvalue weighted by atomic mass is 10.2. The van der Waals surface area contributed by atoms with Crippen molar-refractivity contribution < 1.29 is 4.74 Å². The van der Waals surface area contributed by atoms with Crippen molar-refractivity contribution >= 4 is 19.8 Å². The van der Waals surface area contributed by atoms with Gasteiger partial charge in [-0.15, -0.1) is 11.4 Å². The molecule has 0 spiro atoms. The largest absolute Gasteiger partial charge is 0.493 e. The molecule has 0 aromatic rings. The van der Waals surface area contributed by atoms with Crippen LogP contribution in [0.25, 0.3) is 0 Å². The van der Waals surface area contributed by atoms with Crippen molar-refractivity contribution in [2.75, 3.05) is 5.75 Å². The molecule has 0 radical (unpaired) electrons. The zero-order chi connectivity index (χ0) is 5.98. The summed E-state index contributed by atoms with van der Waals surface area (Å²) in [5.41, 5.74) is 1.36. The highest BCUT2D eigenvalue weighted by Gasteiger charge is 2.17. The minimum absolute atomic E-state index is 0.400. The van der Waals surface area contributed by atoms with Gasteiger partial charge in [0.1, 0.15) is 6.10 Å². The highest BCUT2D eigenvalue weighted by atomic mass is 32.7. The van der Waals surface area contributed by atoms with E-state index in [4.69, 9.17) is 4.74 Å². The maximum Gasteiger partial charge on any atom is 0.131 e. The van der Waals surface area contributed by atoms with E-state index < -0.39 is 0 Å². The van der Waals surface area contributed by atoms with E-state index in [-0.39, 0.29) is 0 Å². The van der Waals surface area contributed by atoms with Gasteiger partial charge in [-0.3, -0.25) is 0 Å². The molecular formula is C5H9OPS. The standard InChI is InChI=1S/C5H9OPS/c1-4-2-6-5(4)3-8-7/h2,5H,3,7H2,1H3. The number of rotatable bonds is 2. The van der Waals surface area contributed by atoms with Gasteiger partial charge in [-0.2, -0.15) is 0 Å². The van der Waals surface area contributed by atoms with Crippen LogP contribution in [0.15, 0.2) is 11.8 Å². The van der Waals surface area contributed by atoms with Gasteiger partial charge < -0.3 is 4.74 Å². The van der Waals surface area contributed by atoms with Gasteiger partial charge in [0.05, 0.1) is 6.26 Å². The predicted octanol–water partition coefficient (Wildman–Crippen LogP) is 1.81. The molecule has 1 rings (SSSR count). The molecule has 1 aliphatic rings. The third kappa shape index (κ3) is 1.18. The number of hydrogen-bond acceptors (Lipinski definition) is 2. The fourth-order valence-electron chi connectivity index (χ4n) is 0.558. The quantitative estimate of drug-likeness (QED) is 0.552. The van der Waals surface area contributed by atoms with E-state index in [0.717, 1.165) is 5.75 Å². The lowest BCUT2D eigenvalue weighted by Crippen LogP contribution is -2.22. The van der Waals surface area contributed by atoms with Gasteiger partial charge in [-0.1, -0.05) is 8.44 Å². The van der Waals surface area contributed by atoms with Gasteiger partial charge in [0.15, 0.2) is 0 Å². The average molecular weight is 148 g/mol. The van der Waals surface area contributed by atoms with Gasteiger partial charge in [0.2, 0.25) is 0 Å². The summed E-state index contributed by atoms with van der Waals surface area (Å²) in [6, 6.07) is 0. The van der Waals surface area contributed by atoms with Gasteiger partial charge in [0.25, 0.3) is 0 Å². The molecule has 0 bridgehead atoms. The molecule has 2 atom stereocenters. The summed E-state index contributed by atoms with van der Waals surface area (Å²) in [5.74, 6) is 1.06. The molecule has 0 amide bonds. The van der Waals surface area contributed by atoms with E-state index in [2.05, 4.69) is 15.4 Å². The van der Waals surface area contributed by atoms with Crippen LogP contribution in [0.1, 0.15) is 6.92 Å². The Bertz CT molecular complexity index is 113. The molecule has 0 saturated heterocycles. The molecule has 0 saturated carbocycles. The minimum Gasteiger partial charge on any atom is -0.493 e. The molecule has 8 heavy (non-hydrogen) atoms. The Morgan fingerprint density at radius 1 is 2.00 bits per heavy atom. The first-order valence-corrected chi connectivity index (χ1v) is 4.94. The van der Waals surface area contributed by atoms with Crippen molar-refractivity contribution in [3.63, 3.8) is 0 Å². The van der Waals surface area contributed by atoms with Crippen molar-refractivity contribution in [2.45, 2.75) is 13.0 Å². The Morgan fingerprint density at radius 3 is 2.88 bits per heavy atom. The summed E-state index contributed by atoms with van der Waals surface area (Å²) >= 11 is 1.74. The van der Waals surface area contributed by atoms with Crippen molar-refractivity contribution in [1.29, 1.82) is 0 Å². The SMILES string of the molecule is CC1=COC1CSP. The summed E-state index contributed by atoms with van der Waals surface area (Å²) in [6.07, 6.45) is 2.21. The van der Waals surface area contributed by atoms with Gasteiger partial charge in [-0.25, -0.2) is 0 Å². The molecule has 0 fully saturated rings. The van der Waals surface area contributed by atoms with E-state index in [0.29, 0.717) is 6.10 Å². The number of hydrogen-bond donors (Lipinski definition) is 0. The number of ether oxygens (including phenoxy) is 1. The Morgan fingerprint density at radius 2 is 2.75 bits per heavy atom. The van der Waals surface area contributed by atoms with Crippen LogP contribution in [0.3, 0.4) is 0 Å². The van der Waals surface area contributed by atoms with E-state index in [1.807, 2.05) is 6.26 Å². The van der Waals surface area contributed by atoms with Crippen LogP contribution in [-0.2, 0) is 4.74 Å². The van der Waals surface area contributed by atoms with E-state index in [9.17, 15) is 0 Å². The lowest BCUT2D eigenvalue weighted by Gasteiger charge is -2.24. The van der Waals surface area contributed by atoms with Crippen LogP contribution in [0, 0.1) is 0 Å². The average Bonchev–Trinajstić information content (AvgIpc) is 1.79. The second-order valence-corrected chi connectivity index (χ2v) is 3.49. The fraction of sp³-hybridized carbons (Fsp3) is 0.600. The van der Waals surface area contributed by atoms with Crippen LogP contribution >= 0.6 is 19.8 Å². The van der Waals surface area contributed by atoms with E-state index in [1.165, 1.54) is 5.57 Å². The second-order valence-electron chi connectivity index (χ2n) is 1.82. The molecule has 1 heterocycles. The Labute approximate surface area is 55.8 Å². The molecule has 3 heteroatoms. The molecule has 0 N–H and O–H groups in total. The van der Waals surface area contributed by atoms with Gasteiger partial charge in [-0.05, 0) is 6.92 Å². The summed E-state index contributed by atoms with van der Waals surface area (Å²) in [7, 11) is 2.61. The molecule has 46 valence electrons. The second kappa shape index (κ2) is 2.75. The van der Waals surface area contributed by atoms with Crippen molar-refractivity contribution in [1.82, 2.24) is 0 Å². The third-order valence-electron chi connectivity index (χ3n) is 1.17. The van der Waals surface area contributed by atoms with Crippen LogP contribution in [0.5, 0.6) is 0 Å². The predicted molar refractivity (Wildman–Crippen MR) is 40.8 cm³/mol. The first kappa shape index (κ1) is 6.44. The van der Waals surface area contributed by atoms with E-state index >= 15 is 0 Å². The minimum atomic E-state index is 0.400. The zero-order valence-corrected chi connectivity index (χ0v) is 6.73. The third-order valence-corrected chi connectivity index (χ3v) is 2.25. The summed E-state index contributed by atoms with van der Waals surface area (Å²) in [5, 5.41) is 0. The molecule has 0 aromatic carbocycles. The van der Waals surface area contributed by atoms with E-state index in [1.54, 1.807) is 11.4 Å². The zero-order valence-electron chi connectivity index (χ0n) is 4.76. The summed E-state index contributed by atoms with van der Waals surface area (Å²) in [4.78, 5) is 0. The highest BCUT2D eigenvalue weighted by molar-refractivity contribution is 8.43. The van der Waals surface area contributed by atoms with Crippen LogP contribution < -0.4 is 0 Å². The molecular weight excluding hydrogens is 139 g/mol. The van der Waals surface area contributed by atoms with Crippen LogP contribution in [0.4, 0.5) is 0 Å². The topological polar surface area (TPSA) is 9.23 Å². The van der Waals surface area contributed by atoms with Crippen LogP contribution in [-0.4, -0.2) is 11.9 Å². The molecule has 1 nitrogen and oxygen atoms in total. The van der Waals surface area contributed by atoms with Crippen molar-refractivity contribution in [3.05, 3.63) is 11.8 Å². The fourth-order valence-corrected chi connectivity index (χ4v) is 1.60. The monoisotopic (exact) mass is 148 g/mol. The lowest BCUT2D eigenvalue weighted by molar-refractivity contribution is 0.142. The smallest absolute Gasteiger partial charge is 0.131 e. The molecule has 2 unspecified atom stereocenters. The maximum atomic E-state index is 5.09. The molecule has 1 aliphatic heterocycles. The van der Waals surface area contributed by atoms with Crippen LogP contribution in [0.2, 0.25) is 0 Å². The Hall–Kier alpha value is 0.320. The van der Waals surface area contributed by atoms with Crippen molar-refractivity contribution in [3.8, 4) is 0 Å². The maximum absolute atomic E-state index is 5.09. The first-order valence-electron chi connectivity index (χ1n) is 2.48. The van der Waals surface area contributed by atoms with Crippen molar-refractivity contribution in [2.24, 2.45) is 0 Å². The molecule has 0 aliphatic carbocycles. The van der Waals surface area contributed by atoms with Gasteiger partial charge in [0, 0.05) is 11.3 Å². The summed E-state index contributed by atoms with van der Waals surface area (Å²) in [6.45, 7) is 2.09. The molecule has 0 aromatic heterocycles. The summed E-state index contributed by atoms with van der Waals surface area (Å²) < 4.78 is 5.09. The Kier molecular flexibility index (Phi) is 2.21. The first-order chi connectivity index (χ1) is 3.84. The Balaban J connectivity index is 2.22. The highest BCUT2D eigenvalue weighted by Crippen LogP contribution is 2.24. The normalized spacial score (nSPS) is 25.8. The van der Waals surface area contributed by atoms with Gasteiger partial charge >= 0.3 is 0 Å².